The molecule has 0 radical (unpaired) electrons. The van der Waals surface area contributed by atoms with Gasteiger partial charge in [-0.1, -0.05) is 13.8 Å². The van der Waals surface area contributed by atoms with Gasteiger partial charge in [0.2, 0.25) is 0 Å². The Kier molecular flexibility index (Phi) is 2.90. The third-order valence-electron chi connectivity index (χ3n) is 2.78. The Morgan fingerprint density at radius 1 is 1.36 bits per heavy atom. The predicted molar refractivity (Wildman–Crippen MR) is 46.3 cm³/mol. The zero-order valence-corrected chi connectivity index (χ0v) is 7.71. The molecule has 1 fully saturated rings. The molecule has 2 N–H and O–H groups in total. The van der Waals surface area contributed by atoms with Crippen LogP contribution in [0.2, 0.25) is 0 Å². The lowest BCUT2D eigenvalue weighted by Crippen LogP contribution is -2.45. The van der Waals surface area contributed by atoms with Crippen molar-refractivity contribution in [1.29, 1.82) is 0 Å². The van der Waals surface area contributed by atoms with Gasteiger partial charge in [0, 0.05) is 13.2 Å². The van der Waals surface area contributed by atoms with Gasteiger partial charge in [-0.3, -0.25) is 0 Å². The molecule has 0 spiro atoms. The Morgan fingerprint density at radius 2 is 1.91 bits per heavy atom. The maximum atomic E-state index is 5.98. The van der Waals surface area contributed by atoms with E-state index in [2.05, 4.69) is 13.8 Å². The maximum Gasteiger partial charge on any atom is 0.0577 e. The predicted octanol–water partition coefficient (Wildman–Crippen LogP) is 1.39. The van der Waals surface area contributed by atoms with Gasteiger partial charge in [0.1, 0.15) is 0 Å². The first kappa shape index (κ1) is 9.01. The minimum atomic E-state index is 0.376. The van der Waals surface area contributed by atoms with Crippen LogP contribution in [0.5, 0.6) is 0 Å². The molecule has 0 heterocycles. The van der Waals surface area contributed by atoms with Crippen molar-refractivity contribution in [3.63, 3.8) is 0 Å². The molecule has 2 heteroatoms. The van der Waals surface area contributed by atoms with Crippen LogP contribution in [-0.2, 0) is 4.74 Å². The Morgan fingerprint density at radius 3 is 2.27 bits per heavy atom. The molecule has 0 aliphatic heterocycles. The van der Waals surface area contributed by atoms with E-state index in [1.54, 1.807) is 7.11 Å². The Balaban J connectivity index is 2.21. The highest BCUT2D eigenvalue weighted by Crippen LogP contribution is 2.33. The summed E-state index contributed by atoms with van der Waals surface area (Å²) in [5.74, 6) is 1.32. The SMILES string of the molecule is COC1CC(C(N)C(C)C)C1. The van der Waals surface area contributed by atoms with Gasteiger partial charge in [0.15, 0.2) is 0 Å². The van der Waals surface area contributed by atoms with Crippen molar-refractivity contribution in [2.75, 3.05) is 7.11 Å². The third-order valence-corrected chi connectivity index (χ3v) is 2.78. The summed E-state index contributed by atoms with van der Waals surface area (Å²) in [6, 6.07) is 0.376. The zero-order chi connectivity index (χ0) is 8.43. The van der Waals surface area contributed by atoms with Crippen LogP contribution in [-0.4, -0.2) is 19.3 Å². The monoisotopic (exact) mass is 157 g/mol. The van der Waals surface area contributed by atoms with Crippen molar-refractivity contribution in [3.8, 4) is 0 Å². The number of rotatable bonds is 3. The van der Waals surface area contributed by atoms with Crippen LogP contribution in [0.4, 0.5) is 0 Å². The molecule has 1 unspecified atom stereocenters. The van der Waals surface area contributed by atoms with Crippen LogP contribution in [0.3, 0.4) is 0 Å². The largest absolute Gasteiger partial charge is 0.381 e. The van der Waals surface area contributed by atoms with Crippen LogP contribution in [0.15, 0.2) is 0 Å². The molecule has 0 saturated heterocycles. The van der Waals surface area contributed by atoms with E-state index >= 15 is 0 Å². The summed E-state index contributed by atoms with van der Waals surface area (Å²) in [7, 11) is 1.78. The normalized spacial score (nSPS) is 33.5. The van der Waals surface area contributed by atoms with Gasteiger partial charge < -0.3 is 10.5 Å². The minimum Gasteiger partial charge on any atom is -0.381 e. The lowest BCUT2D eigenvalue weighted by Gasteiger charge is -2.39. The van der Waals surface area contributed by atoms with E-state index < -0.39 is 0 Å². The van der Waals surface area contributed by atoms with Gasteiger partial charge in [-0.25, -0.2) is 0 Å². The Labute approximate surface area is 69.1 Å². The molecule has 0 bridgehead atoms. The van der Waals surface area contributed by atoms with Gasteiger partial charge in [0.05, 0.1) is 6.10 Å². The summed E-state index contributed by atoms with van der Waals surface area (Å²) in [6.07, 6.45) is 2.82. The van der Waals surface area contributed by atoms with Crippen molar-refractivity contribution >= 4 is 0 Å². The summed E-state index contributed by atoms with van der Waals surface area (Å²) >= 11 is 0. The standard InChI is InChI=1S/C9H19NO/c1-6(2)9(10)7-4-8(5-7)11-3/h6-9H,4-5,10H2,1-3H3. The topological polar surface area (TPSA) is 35.2 Å². The highest BCUT2D eigenvalue weighted by atomic mass is 16.5. The van der Waals surface area contributed by atoms with E-state index in [-0.39, 0.29) is 0 Å². The van der Waals surface area contributed by atoms with Crippen molar-refractivity contribution < 1.29 is 4.74 Å². The fourth-order valence-electron chi connectivity index (χ4n) is 1.66. The fraction of sp³-hybridized carbons (Fsp3) is 1.00. The summed E-state index contributed by atoms with van der Waals surface area (Å²) in [5, 5.41) is 0. The Bertz CT molecular complexity index is 119. The molecular weight excluding hydrogens is 138 g/mol. The molecule has 1 rings (SSSR count). The van der Waals surface area contributed by atoms with Gasteiger partial charge >= 0.3 is 0 Å². The second-order valence-electron chi connectivity index (χ2n) is 3.91. The van der Waals surface area contributed by atoms with Gasteiger partial charge in [-0.2, -0.15) is 0 Å². The highest BCUT2D eigenvalue weighted by Gasteiger charge is 2.34. The van der Waals surface area contributed by atoms with E-state index in [9.17, 15) is 0 Å². The first-order valence-electron chi connectivity index (χ1n) is 4.43. The van der Waals surface area contributed by atoms with Gasteiger partial charge in [-0.05, 0) is 24.7 Å². The molecule has 0 aromatic carbocycles. The van der Waals surface area contributed by atoms with Crippen molar-refractivity contribution in [2.24, 2.45) is 17.6 Å². The molecule has 1 saturated carbocycles. The molecule has 11 heavy (non-hydrogen) atoms. The molecular formula is C9H19NO. The van der Waals surface area contributed by atoms with E-state index in [4.69, 9.17) is 10.5 Å². The molecule has 0 aromatic heterocycles. The Hall–Kier alpha value is -0.0800. The van der Waals surface area contributed by atoms with E-state index in [0.29, 0.717) is 24.0 Å². The molecule has 1 aliphatic carbocycles. The first-order valence-corrected chi connectivity index (χ1v) is 4.43. The lowest BCUT2D eigenvalue weighted by atomic mass is 9.74. The second-order valence-corrected chi connectivity index (χ2v) is 3.91. The lowest BCUT2D eigenvalue weighted by molar-refractivity contribution is -0.0126. The van der Waals surface area contributed by atoms with Crippen LogP contribution < -0.4 is 5.73 Å². The molecule has 0 amide bonds. The van der Waals surface area contributed by atoms with E-state index in [0.717, 1.165) is 12.8 Å². The summed E-state index contributed by atoms with van der Waals surface area (Å²) < 4.78 is 5.19. The second kappa shape index (κ2) is 3.55. The smallest absolute Gasteiger partial charge is 0.0577 e. The first-order chi connectivity index (χ1) is 5.15. The number of methoxy groups -OCH3 is 1. The van der Waals surface area contributed by atoms with Gasteiger partial charge in [0.25, 0.3) is 0 Å². The highest BCUT2D eigenvalue weighted by molar-refractivity contribution is 4.88. The summed E-state index contributed by atoms with van der Waals surface area (Å²) in [6.45, 7) is 4.37. The van der Waals surface area contributed by atoms with Crippen molar-refractivity contribution in [2.45, 2.75) is 38.8 Å². The minimum absolute atomic E-state index is 0.376. The zero-order valence-electron chi connectivity index (χ0n) is 7.71. The van der Waals surface area contributed by atoms with Crippen LogP contribution in [0.1, 0.15) is 26.7 Å². The summed E-state index contributed by atoms with van der Waals surface area (Å²) in [4.78, 5) is 0. The number of hydrogen-bond acceptors (Lipinski definition) is 2. The molecule has 1 aliphatic rings. The molecule has 2 nitrogen and oxygen atoms in total. The molecule has 0 aromatic rings. The average Bonchev–Trinajstić information content (AvgIpc) is 1.85. The van der Waals surface area contributed by atoms with E-state index in [1.165, 1.54) is 0 Å². The number of ether oxygens (including phenoxy) is 1. The average molecular weight is 157 g/mol. The maximum absolute atomic E-state index is 5.98. The number of hydrogen-bond donors (Lipinski definition) is 1. The summed E-state index contributed by atoms with van der Waals surface area (Å²) in [5.41, 5.74) is 5.98. The van der Waals surface area contributed by atoms with Crippen LogP contribution in [0.25, 0.3) is 0 Å². The van der Waals surface area contributed by atoms with E-state index in [1.807, 2.05) is 0 Å². The van der Waals surface area contributed by atoms with Crippen LogP contribution in [0, 0.1) is 11.8 Å². The molecule has 1 atom stereocenters. The van der Waals surface area contributed by atoms with Crippen LogP contribution >= 0.6 is 0 Å². The number of nitrogens with two attached hydrogens (primary N) is 1. The third kappa shape index (κ3) is 1.94. The van der Waals surface area contributed by atoms with Crippen molar-refractivity contribution in [1.82, 2.24) is 0 Å². The fourth-order valence-corrected chi connectivity index (χ4v) is 1.66. The quantitative estimate of drug-likeness (QED) is 0.672. The molecule has 66 valence electrons. The van der Waals surface area contributed by atoms with Crippen molar-refractivity contribution in [3.05, 3.63) is 0 Å². The van der Waals surface area contributed by atoms with Gasteiger partial charge in [-0.15, -0.1) is 0 Å².